The molecule has 0 saturated heterocycles. The van der Waals surface area contributed by atoms with E-state index in [0.717, 1.165) is 16.5 Å². The minimum atomic E-state index is -0.978. The lowest BCUT2D eigenvalue weighted by Gasteiger charge is -2.07. The molecule has 80 valence electrons. The van der Waals surface area contributed by atoms with Gasteiger partial charge in [-0.15, -0.1) is 0 Å². The van der Waals surface area contributed by atoms with Crippen LogP contribution in [-0.2, 0) is 6.54 Å². The molecule has 1 aromatic heterocycles. The maximum Gasteiger partial charge on any atom is 0.117 e. The molecule has 1 atom stereocenters. The molecule has 1 aromatic carbocycles. The maximum atomic E-state index is 12.2. The second-order valence-corrected chi connectivity index (χ2v) is 3.70. The molecule has 0 aliphatic carbocycles. The molecular weight excluding hydrogens is 195 g/mol. The summed E-state index contributed by atoms with van der Waals surface area (Å²) < 4.78 is 13.8. The highest BCUT2D eigenvalue weighted by Gasteiger charge is 2.08. The van der Waals surface area contributed by atoms with Gasteiger partial charge in [-0.05, 0) is 18.6 Å². The Hall–Kier alpha value is -1.42. The van der Waals surface area contributed by atoms with E-state index < -0.39 is 12.8 Å². The third-order valence-electron chi connectivity index (χ3n) is 2.36. The van der Waals surface area contributed by atoms with Gasteiger partial charge < -0.3 is 5.11 Å². The summed E-state index contributed by atoms with van der Waals surface area (Å²) >= 11 is 0. The number of halogens is 1. The van der Waals surface area contributed by atoms with Gasteiger partial charge in [0.15, 0.2) is 0 Å². The number of aliphatic hydroxyl groups excluding tert-OH is 1. The van der Waals surface area contributed by atoms with Crippen molar-refractivity contribution in [2.24, 2.45) is 0 Å². The Morgan fingerprint density at radius 3 is 3.07 bits per heavy atom. The zero-order chi connectivity index (χ0) is 10.8. The number of aryl methyl sites for hydroxylation is 1. The molecule has 1 N–H and O–H groups in total. The van der Waals surface area contributed by atoms with Crippen molar-refractivity contribution in [2.75, 3.05) is 6.67 Å². The molecule has 0 spiro atoms. The highest BCUT2D eigenvalue weighted by Crippen LogP contribution is 2.15. The van der Waals surface area contributed by atoms with E-state index in [1.54, 1.807) is 10.9 Å². The number of nitrogens with zero attached hydrogens (tertiary/aromatic N) is 2. The second kappa shape index (κ2) is 3.98. The fraction of sp³-hybridized carbons (Fsp3) is 0.364. The Labute approximate surface area is 87.1 Å². The summed E-state index contributed by atoms with van der Waals surface area (Å²) in [6.07, 6.45) is 0.744. The summed E-state index contributed by atoms with van der Waals surface area (Å²) in [7, 11) is 0. The van der Waals surface area contributed by atoms with Gasteiger partial charge in [-0.1, -0.05) is 12.1 Å². The molecule has 1 unspecified atom stereocenters. The number of hydrogen-bond acceptors (Lipinski definition) is 2. The normalized spacial score (nSPS) is 13.3. The van der Waals surface area contributed by atoms with Gasteiger partial charge in [0.2, 0.25) is 0 Å². The summed E-state index contributed by atoms with van der Waals surface area (Å²) in [6, 6.07) is 5.95. The average Bonchev–Trinajstić information content (AvgIpc) is 2.61. The zero-order valence-electron chi connectivity index (χ0n) is 8.52. The second-order valence-electron chi connectivity index (χ2n) is 3.70. The monoisotopic (exact) mass is 208 g/mol. The van der Waals surface area contributed by atoms with E-state index in [4.69, 9.17) is 0 Å². The fourth-order valence-corrected chi connectivity index (χ4v) is 1.57. The SMILES string of the molecule is Cc1ccc2cnn(CC(O)CF)c2c1. The summed E-state index contributed by atoms with van der Waals surface area (Å²) in [5.41, 5.74) is 2.06. The highest BCUT2D eigenvalue weighted by molar-refractivity contribution is 5.79. The molecule has 0 radical (unpaired) electrons. The lowest BCUT2D eigenvalue weighted by molar-refractivity contribution is 0.119. The number of benzene rings is 1. The number of hydrogen-bond donors (Lipinski definition) is 1. The van der Waals surface area contributed by atoms with Gasteiger partial charge in [-0.25, -0.2) is 4.39 Å². The molecule has 0 amide bonds. The van der Waals surface area contributed by atoms with E-state index in [9.17, 15) is 9.50 Å². The van der Waals surface area contributed by atoms with Crippen LogP contribution in [-0.4, -0.2) is 27.7 Å². The van der Waals surface area contributed by atoms with Crippen LogP contribution in [0.1, 0.15) is 5.56 Å². The molecular formula is C11H13FN2O. The van der Waals surface area contributed by atoms with E-state index in [-0.39, 0.29) is 6.54 Å². The van der Waals surface area contributed by atoms with Gasteiger partial charge in [0.1, 0.15) is 12.8 Å². The van der Waals surface area contributed by atoms with Crippen LogP contribution in [0.3, 0.4) is 0 Å². The van der Waals surface area contributed by atoms with Gasteiger partial charge in [0.25, 0.3) is 0 Å². The van der Waals surface area contributed by atoms with Crippen molar-refractivity contribution in [3.8, 4) is 0 Å². The van der Waals surface area contributed by atoms with Crippen LogP contribution in [0.25, 0.3) is 10.9 Å². The van der Waals surface area contributed by atoms with Crippen LogP contribution in [0, 0.1) is 6.92 Å². The summed E-state index contributed by atoms with van der Waals surface area (Å²) in [4.78, 5) is 0. The predicted molar refractivity (Wildman–Crippen MR) is 56.5 cm³/mol. The van der Waals surface area contributed by atoms with Crippen LogP contribution in [0.4, 0.5) is 4.39 Å². The standard InChI is InChI=1S/C11H13FN2O/c1-8-2-3-9-6-13-14(11(9)4-8)7-10(15)5-12/h2-4,6,10,15H,5,7H2,1H3. The van der Waals surface area contributed by atoms with E-state index in [1.165, 1.54) is 0 Å². The van der Waals surface area contributed by atoms with Gasteiger partial charge in [-0.2, -0.15) is 5.10 Å². The third kappa shape index (κ3) is 1.99. The first kappa shape index (κ1) is 10.1. The molecule has 0 fully saturated rings. The van der Waals surface area contributed by atoms with E-state index in [2.05, 4.69) is 5.10 Å². The Morgan fingerprint density at radius 2 is 2.33 bits per heavy atom. The topological polar surface area (TPSA) is 38.0 Å². The summed E-state index contributed by atoms with van der Waals surface area (Å²) in [6.45, 7) is 1.44. The highest BCUT2D eigenvalue weighted by atomic mass is 19.1. The van der Waals surface area contributed by atoms with Crippen LogP contribution in [0.15, 0.2) is 24.4 Å². The molecule has 2 rings (SSSR count). The lowest BCUT2D eigenvalue weighted by atomic mass is 10.2. The number of rotatable bonds is 3. The largest absolute Gasteiger partial charge is 0.388 e. The quantitative estimate of drug-likeness (QED) is 0.833. The number of aromatic nitrogens is 2. The third-order valence-corrected chi connectivity index (χ3v) is 2.36. The Morgan fingerprint density at radius 1 is 1.53 bits per heavy atom. The lowest BCUT2D eigenvalue weighted by Crippen LogP contribution is -2.18. The molecule has 0 aliphatic rings. The molecule has 0 bridgehead atoms. The van der Waals surface area contributed by atoms with E-state index in [0.29, 0.717) is 0 Å². The summed E-state index contributed by atoms with van der Waals surface area (Å²) in [5, 5.41) is 14.3. The molecule has 3 nitrogen and oxygen atoms in total. The number of alkyl halides is 1. The van der Waals surface area contributed by atoms with Crippen LogP contribution < -0.4 is 0 Å². The van der Waals surface area contributed by atoms with Crippen molar-refractivity contribution in [1.29, 1.82) is 0 Å². The van der Waals surface area contributed by atoms with Crippen molar-refractivity contribution in [3.05, 3.63) is 30.0 Å². The maximum absolute atomic E-state index is 12.2. The molecule has 2 aromatic rings. The average molecular weight is 208 g/mol. The smallest absolute Gasteiger partial charge is 0.117 e. The van der Waals surface area contributed by atoms with Crippen molar-refractivity contribution in [2.45, 2.75) is 19.6 Å². The number of aliphatic hydroxyl groups is 1. The van der Waals surface area contributed by atoms with Gasteiger partial charge in [0, 0.05) is 5.39 Å². The predicted octanol–water partition coefficient (Wildman–Crippen LogP) is 1.68. The van der Waals surface area contributed by atoms with Crippen molar-refractivity contribution in [1.82, 2.24) is 9.78 Å². The minimum absolute atomic E-state index is 0.198. The zero-order valence-corrected chi connectivity index (χ0v) is 8.52. The van der Waals surface area contributed by atoms with E-state index in [1.807, 2.05) is 25.1 Å². The molecule has 0 aliphatic heterocycles. The van der Waals surface area contributed by atoms with Gasteiger partial charge in [-0.3, -0.25) is 4.68 Å². The number of fused-ring (bicyclic) bond motifs is 1. The van der Waals surface area contributed by atoms with Crippen LogP contribution >= 0.6 is 0 Å². The minimum Gasteiger partial charge on any atom is -0.388 e. The fourth-order valence-electron chi connectivity index (χ4n) is 1.57. The van der Waals surface area contributed by atoms with Gasteiger partial charge in [0.05, 0.1) is 18.3 Å². The van der Waals surface area contributed by atoms with Crippen molar-refractivity contribution >= 4 is 10.9 Å². The summed E-state index contributed by atoms with van der Waals surface area (Å²) in [5.74, 6) is 0. The van der Waals surface area contributed by atoms with Crippen LogP contribution in [0.5, 0.6) is 0 Å². The first-order valence-electron chi connectivity index (χ1n) is 4.87. The molecule has 15 heavy (non-hydrogen) atoms. The van der Waals surface area contributed by atoms with Crippen molar-refractivity contribution < 1.29 is 9.50 Å². The molecule has 1 heterocycles. The Bertz CT molecular complexity index is 467. The van der Waals surface area contributed by atoms with Gasteiger partial charge >= 0.3 is 0 Å². The van der Waals surface area contributed by atoms with E-state index >= 15 is 0 Å². The first-order valence-corrected chi connectivity index (χ1v) is 4.87. The van der Waals surface area contributed by atoms with Crippen molar-refractivity contribution in [3.63, 3.8) is 0 Å². The first-order chi connectivity index (χ1) is 7.20. The Kier molecular flexibility index (Phi) is 2.68. The van der Waals surface area contributed by atoms with Crippen LogP contribution in [0.2, 0.25) is 0 Å². The molecule has 4 heteroatoms. The Balaban J connectivity index is 2.39. The molecule has 0 saturated carbocycles.